The van der Waals surface area contributed by atoms with Gasteiger partial charge in [0.05, 0.1) is 5.41 Å². The number of amides is 1. The largest absolute Gasteiger partial charge is 0.595 e. The van der Waals surface area contributed by atoms with Gasteiger partial charge in [0, 0.05) is 0 Å². The van der Waals surface area contributed by atoms with E-state index in [-0.39, 0.29) is 12.3 Å². The van der Waals surface area contributed by atoms with Crippen LogP contribution >= 0.6 is 0 Å². The molecule has 5 nitrogen and oxygen atoms in total. The van der Waals surface area contributed by atoms with Crippen molar-refractivity contribution in [3.05, 3.63) is 48.6 Å². The second-order valence-corrected chi connectivity index (χ2v) is 6.99. The average Bonchev–Trinajstić information content (AvgIpc) is 2.49. The quantitative estimate of drug-likeness (QED) is 0.511. The molecule has 0 radical (unpaired) electrons. The van der Waals surface area contributed by atoms with Crippen molar-refractivity contribution < 1.29 is 24.1 Å². The van der Waals surface area contributed by atoms with Gasteiger partial charge in [-0.25, -0.2) is 4.79 Å². The second-order valence-electron chi connectivity index (χ2n) is 6.99. The van der Waals surface area contributed by atoms with Crippen LogP contribution in [0.2, 0.25) is 0 Å². The molecule has 0 aliphatic heterocycles. The Morgan fingerprint density at radius 3 is 2.21 bits per heavy atom. The molecule has 1 N–H and O–H groups in total. The van der Waals surface area contributed by atoms with Gasteiger partial charge in [-0.2, -0.15) is 4.79 Å². The van der Waals surface area contributed by atoms with Gasteiger partial charge in [-0.05, 0) is 40.2 Å². The Labute approximate surface area is 143 Å². The maximum absolute atomic E-state index is 12.4. The van der Waals surface area contributed by atoms with Crippen molar-refractivity contribution in [3.63, 3.8) is 0 Å². The number of hydrogen-bond donors (Lipinski definition) is 1. The minimum Gasteiger partial charge on any atom is -0.453 e. The first-order valence-electron chi connectivity index (χ1n) is 7.77. The summed E-state index contributed by atoms with van der Waals surface area (Å²) in [5, 5.41) is 0. The Bertz CT molecular complexity index is 625. The molecule has 24 heavy (non-hydrogen) atoms. The summed E-state index contributed by atoms with van der Waals surface area (Å²) in [5.41, 5.74) is -0.492. The van der Waals surface area contributed by atoms with Gasteiger partial charge in [-0.3, -0.25) is 0 Å². The van der Waals surface area contributed by atoms with Crippen LogP contribution < -0.4 is 4.99 Å². The number of carbonyl (C=O) groups is 2. The molecule has 0 aromatic heterocycles. The Hall–Kier alpha value is -2.43. The van der Waals surface area contributed by atoms with Crippen LogP contribution in [0, 0.1) is 5.41 Å². The predicted molar refractivity (Wildman–Crippen MR) is 92.4 cm³/mol. The van der Waals surface area contributed by atoms with E-state index >= 15 is 0 Å². The zero-order valence-corrected chi connectivity index (χ0v) is 15.0. The molecule has 0 aliphatic carbocycles. The highest BCUT2D eigenvalue weighted by Crippen LogP contribution is 2.17. The van der Waals surface area contributed by atoms with Gasteiger partial charge in [0.1, 0.15) is 12.2 Å². The summed E-state index contributed by atoms with van der Waals surface area (Å²) in [5.74, 6) is -0.616. The molecule has 0 saturated heterocycles. The topological polar surface area (TPSA) is 66.6 Å². The van der Waals surface area contributed by atoms with Gasteiger partial charge in [0.2, 0.25) is 0 Å². The van der Waals surface area contributed by atoms with Gasteiger partial charge < -0.3 is 9.47 Å². The predicted octanol–water partition coefficient (Wildman–Crippen LogP) is 2.40. The summed E-state index contributed by atoms with van der Waals surface area (Å²) in [6, 6.07) is 9.31. The molecule has 1 aromatic rings. The molecular weight excluding hydrogens is 306 g/mol. The van der Waals surface area contributed by atoms with E-state index in [1.165, 1.54) is 0 Å². The van der Waals surface area contributed by atoms with Gasteiger partial charge in [0.15, 0.2) is 0 Å². The number of hydrogen-bond acceptors (Lipinski definition) is 4. The third kappa shape index (κ3) is 6.36. The van der Waals surface area contributed by atoms with Crippen LogP contribution in [0.4, 0.5) is 4.79 Å². The smallest absolute Gasteiger partial charge is 0.453 e. The van der Waals surface area contributed by atoms with Crippen molar-refractivity contribution >= 4 is 17.8 Å². The molecule has 0 bridgehead atoms. The maximum Gasteiger partial charge on any atom is 0.595 e. The van der Waals surface area contributed by atoms with E-state index < -0.39 is 23.1 Å². The van der Waals surface area contributed by atoms with Crippen molar-refractivity contribution in [3.8, 4) is 0 Å². The molecule has 130 valence electrons. The molecule has 0 saturated carbocycles. The molecule has 5 heteroatoms. The van der Waals surface area contributed by atoms with Crippen LogP contribution in [0.1, 0.15) is 40.2 Å². The molecule has 1 aromatic carbocycles. The summed E-state index contributed by atoms with van der Waals surface area (Å²) in [6.45, 7) is 12.6. The maximum atomic E-state index is 12.4. The van der Waals surface area contributed by atoms with Crippen molar-refractivity contribution in [1.82, 2.24) is 0 Å². The van der Waals surface area contributed by atoms with Gasteiger partial charge in [0.25, 0.3) is 5.71 Å². The summed E-state index contributed by atoms with van der Waals surface area (Å²) in [7, 11) is 0. The summed E-state index contributed by atoms with van der Waals surface area (Å²) in [6.07, 6.45) is 0.868. The molecule has 0 heterocycles. The Morgan fingerprint density at radius 1 is 1.12 bits per heavy atom. The SMILES string of the molecule is C=CC(C)(C)/C(=[NH+]\C(=O)OC(C)(C)C)C(=O)OCc1ccccc1. The van der Waals surface area contributed by atoms with E-state index in [1.54, 1.807) is 40.7 Å². The highest BCUT2D eigenvalue weighted by atomic mass is 16.6. The van der Waals surface area contributed by atoms with E-state index in [2.05, 4.69) is 11.6 Å². The third-order valence-corrected chi connectivity index (χ3v) is 3.20. The lowest BCUT2D eigenvalue weighted by molar-refractivity contribution is -0.379. The summed E-state index contributed by atoms with van der Waals surface area (Å²) in [4.78, 5) is 27.0. The van der Waals surface area contributed by atoms with Crippen molar-refractivity contribution in [2.75, 3.05) is 0 Å². The van der Waals surface area contributed by atoms with E-state index in [0.717, 1.165) is 5.56 Å². The Morgan fingerprint density at radius 2 is 1.71 bits per heavy atom. The van der Waals surface area contributed by atoms with Gasteiger partial charge >= 0.3 is 12.1 Å². The first kappa shape index (κ1) is 19.6. The van der Waals surface area contributed by atoms with E-state index in [0.29, 0.717) is 0 Å². The van der Waals surface area contributed by atoms with Gasteiger partial charge in [-0.15, -0.1) is 11.6 Å². The van der Waals surface area contributed by atoms with E-state index in [9.17, 15) is 9.59 Å². The minimum atomic E-state index is -0.773. The molecule has 0 unspecified atom stereocenters. The zero-order chi connectivity index (χ0) is 18.4. The third-order valence-electron chi connectivity index (χ3n) is 3.20. The monoisotopic (exact) mass is 332 g/mol. The molecule has 0 aliphatic rings. The fourth-order valence-corrected chi connectivity index (χ4v) is 1.78. The molecule has 0 spiro atoms. The second kappa shape index (κ2) is 7.90. The first-order valence-corrected chi connectivity index (χ1v) is 7.77. The fourth-order valence-electron chi connectivity index (χ4n) is 1.78. The number of ether oxygens (including phenoxy) is 2. The number of benzene rings is 1. The van der Waals surface area contributed by atoms with Crippen LogP contribution in [0.3, 0.4) is 0 Å². The van der Waals surface area contributed by atoms with Crippen LogP contribution in [0.15, 0.2) is 43.0 Å². The summed E-state index contributed by atoms with van der Waals surface area (Å²) >= 11 is 0. The minimum absolute atomic E-state index is 0.0858. The van der Waals surface area contributed by atoms with E-state index in [4.69, 9.17) is 9.47 Å². The number of allylic oxidation sites excluding steroid dienone is 1. The fraction of sp³-hybridized carbons (Fsp3) is 0.421. The lowest BCUT2D eigenvalue weighted by atomic mass is 9.87. The van der Waals surface area contributed by atoms with Gasteiger partial charge in [-0.1, -0.05) is 36.4 Å². The zero-order valence-electron chi connectivity index (χ0n) is 15.0. The molecule has 0 fully saturated rings. The summed E-state index contributed by atoms with van der Waals surface area (Å²) < 4.78 is 10.5. The molecule has 1 amide bonds. The van der Waals surface area contributed by atoms with Crippen molar-refractivity contribution in [2.24, 2.45) is 5.41 Å². The lowest BCUT2D eigenvalue weighted by Crippen LogP contribution is -2.81. The van der Waals surface area contributed by atoms with Crippen LogP contribution in [0.5, 0.6) is 0 Å². The number of rotatable bonds is 5. The standard InChI is InChI=1S/C19H25NO4/c1-7-19(5,6)15(20-17(22)24-18(2,3)4)16(21)23-13-14-11-9-8-10-12-14/h7-12H,1,13H2,2-6H3/p+1/b20-15-. The highest BCUT2D eigenvalue weighted by molar-refractivity contribution is 6.36. The Kier molecular flexibility index (Phi) is 6.46. The van der Waals surface area contributed by atoms with Crippen LogP contribution in [-0.4, -0.2) is 23.4 Å². The highest BCUT2D eigenvalue weighted by Gasteiger charge is 2.37. The number of nitrogens with one attached hydrogen (secondary N) is 1. The van der Waals surface area contributed by atoms with E-state index in [1.807, 2.05) is 30.3 Å². The number of carbonyl (C=O) groups excluding carboxylic acids is 2. The average molecular weight is 332 g/mol. The Balaban J connectivity index is 2.95. The molecule has 1 rings (SSSR count). The lowest BCUT2D eigenvalue weighted by Gasteiger charge is -2.18. The first-order chi connectivity index (χ1) is 11.0. The van der Waals surface area contributed by atoms with Crippen molar-refractivity contribution in [1.29, 1.82) is 0 Å². The van der Waals surface area contributed by atoms with Crippen LogP contribution in [0.25, 0.3) is 0 Å². The van der Waals surface area contributed by atoms with Crippen molar-refractivity contribution in [2.45, 2.75) is 46.8 Å². The molecular formula is C19H26NO4+. The van der Waals surface area contributed by atoms with Crippen LogP contribution in [-0.2, 0) is 20.9 Å². The number of esters is 1. The molecule has 0 atom stereocenters. The normalized spacial score (nSPS) is 12.5.